The monoisotopic (exact) mass is 295 g/mol. The Bertz CT molecular complexity index is 505. The van der Waals surface area contributed by atoms with Gasteiger partial charge in [-0.1, -0.05) is 0 Å². The highest BCUT2D eigenvalue weighted by Gasteiger charge is 2.18. The van der Waals surface area contributed by atoms with E-state index in [-0.39, 0.29) is 18.2 Å². The molecule has 0 aliphatic heterocycles. The summed E-state index contributed by atoms with van der Waals surface area (Å²) in [7, 11) is 3.26. The highest BCUT2D eigenvalue weighted by atomic mass is 16.6. The molecule has 116 valence electrons. The summed E-state index contributed by atoms with van der Waals surface area (Å²) in [5.74, 6) is -0.246. The molecule has 1 amide bonds. The van der Waals surface area contributed by atoms with Gasteiger partial charge in [0, 0.05) is 38.9 Å². The van der Waals surface area contributed by atoms with E-state index in [4.69, 9.17) is 5.11 Å². The molecular weight excluding hydrogens is 274 g/mol. The van der Waals surface area contributed by atoms with Crippen LogP contribution >= 0.6 is 0 Å². The van der Waals surface area contributed by atoms with Crippen molar-refractivity contribution >= 4 is 17.3 Å². The number of nitro groups is 1. The van der Waals surface area contributed by atoms with E-state index in [9.17, 15) is 14.9 Å². The normalized spacial score (nSPS) is 10.2. The highest BCUT2D eigenvalue weighted by molar-refractivity contribution is 5.95. The molecular formula is C14H21N3O4. The van der Waals surface area contributed by atoms with Crippen LogP contribution < -0.4 is 5.32 Å². The Morgan fingerprint density at radius 2 is 2.10 bits per heavy atom. The summed E-state index contributed by atoms with van der Waals surface area (Å²) in [5.41, 5.74) is 0.560. The van der Waals surface area contributed by atoms with Crippen LogP contribution in [0.1, 0.15) is 29.6 Å². The lowest BCUT2D eigenvalue weighted by molar-refractivity contribution is -0.384. The zero-order valence-corrected chi connectivity index (χ0v) is 12.3. The third kappa shape index (κ3) is 4.71. The summed E-state index contributed by atoms with van der Waals surface area (Å²) in [4.78, 5) is 24.2. The van der Waals surface area contributed by atoms with Gasteiger partial charge in [0.05, 0.1) is 4.92 Å². The average molecular weight is 295 g/mol. The second-order valence-electron chi connectivity index (χ2n) is 4.75. The number of carbonyl (C=O) groups excluding carboxylic acids is 1. The third-order valence-electron chi connectivity index (χ3n) is 3.21. The van der Waals surface area contributed by atoms with E-state index in [1.165, 1.54) is 17.0 Å². The number of hydrogen-bond acceptors (Lipinski definition) is 5. The first-order chi connectivity index (χ1) is 10.0. The highest BCUT2D eigenvalue weighted by Crippen LogP contribution is 2.25. The quantitative estimate of drug-likeness (QED) is 0.433. The first kappa shape index (κ1) is 16.9. The van der Waals surface area contributed by atoms with Gasteiger partial charge < -0.3 is 15.3 Å². The molecule has 1 aromatic rings. The molecule has 7 nitrogen and oxygen atoms in total. The lowest BCUT2D eigenvalue weighted by Crippen LogP contribution is -2.27. The van der Waals surface area contributed by atoms with Crippen molar-refractivity contribution in [1.82, 2.24) is 4.90 Å². The van der Waals surface area contributed by atoms with E-state index in [1.807, 2.05) is 0 Å². The zero-order chi connectivity index (χ0) is 15.8. The topological polar surface area (TPSA) is 95.7 Å². The van der Waals surface area contributed by atoms with Crippen LogP contribution in [0.2, 0.25) is 0 Å². The van der Waals surface area contributed by atoms with Gasteiger partial charge in [-0.05, 0) is 31.4 Å². The number of amides is 1. The summed E-state index contributed by atoms with van der Waals surface area (Å²) in [6.07, 6.45) is 2.34. The summed E-state index contributed by atoms with van der Waals surface area (Å²) in [6.45, 7) is 0.704. The van der Waals surface area contributed by atoms with E-state index in [1.54, 1.807) is 20.2 Å². The molecule has 1 rings (SSSR count). The second-order valence-corrected chi connectivity index (χ2v) is 4.75. The van der Waals surface area contributed by atoms with Crippen LogP contribution in [-0.2, 0) is 0 Å². The Morgan fingerprint density at radius 1 is 1.38 bits per heavy atom. The molecule has 1 aromatic carbocycles. The number of nitrogens with one attached hydrogen (secondary N) is 1. The molecule has 0 saturated heterocycles. The van der Waals surface area contributed by atoms with Crippen molar-refractivity contribution in [2.24, 2.45) is 0 Å². The van der Waals surface area contributed by atoms with Crippen LogP contribution in [0.15, 0.2) is 18.2 Å². The minimum Gasteiger partial charge on any atom is -0.396 e. The summed E-state index contributed by atoms with van der Waals surface area (Å²) in [5, 5.41) is 22.4. The minimum absolute atomic E-state index is 0.114. The van der Waals surface area contributed by atoms with Crippen molar-refractivity contribution in [3.05, 3.63) is 33.9 Å². The number of unbranched alkanes of at least 4 members (excludes halogenated alkanes) is 2. The fourth-order valence-electron chi connectivity index (χ4n) is 1.99. The second kappa shape index (κ2) is 8.21. The fraction of sp³-hybridized carbons (Fsp3) is 0.500. The minimum atomic E-state index is -0.510. The molecule has 0 aliphatic rings. The van der Waals surface area contributed by atoms with Crippen molar-refractivity contribution in [2.75, 3.05) is 32.6 Å². The number of carbonyl (C=O) groups is 1. The Balaban J connectivity index is 2.77. The third-order valence-corrected chi connectivity index (χ3v) is 3.21. The van der Waals surface area contributed by atoms with Crippen LogP contribution in [0.25, 0.3) is 0 Å². The van der Waals surface area contributed by atoms with Gasteiger partial charge in [0.2, 0.25) is 0 Å². The molecule has 0 aliphatic carbocycles. The molecule has 2 N–H and O–H groups in total. The smallest absolute Gasteiger partial charge is 0.293 e. The lowest BCUT2D eigenvalue weighted by atomic mass is 10.1. The fourth-order valence-corrected chi connectivity index (χ4v) is 1.99. The average Bonchev–Trinajstić information content (AvgIpc) is 2.49. The van der Waals surface area contributed by atoms with Crippen LogP contribution in [-0.4, -0.2) is 48.1 Å². The van der Waals surface area contributed by atoms with Crippen LogP contribution in [0.3, 0.4) is 0 Å². The molecule has 21 heavy (non-hydrogen) atoms. The van der Waals surface area contributed by atoms with Gasteiger partial charge in [0.25, 0.3) is 11.6 Å². The number of benzene rings is 1. The summed E-state index contributed by atoms with van der Waals surface area (Å²) < 4.78 is 0. The molecule has 0 unspecified atom stereocenters. The first-order valence-corrected chi connectivity index (χ1v) is 6.83. The van der Waals surface area contributed by atoms with E-state index < -0.39 is 4.92 Å². The lowest BCUT2D eigenvalue weighted by Gasteiger charge is -2.17. The van der Waals surface area contributed by atoms with Crippen LogP contribution in [0, 0.1) is 10.1 Å². The molecule has 0 bridgehead atoms. The molecule has 0 heterocycles. The summed E-state index contributed by atoms with van der Waals surface area (Å²) >= 11 is 0. The number of anilines is 1. The Kier molecular flexibility index (Phi) is 6.61. The summed E-state index contributed by atoms with van der Waals surface area (Å²) in [6, 6.07) is 4.40. The number of aliphatic hydroxyl groups is 1. The SMILES string of the molecule is CNc1ccc(C(=O)N(C)CCCCCO)cc1[N+](=O)[O-]. The molecule has 0 aromatic heterocycles. The molecule has 0 atom stereocenters. The van der Waals surface area contributed by atoms with E-state index >= 15 is 0 Å². The van der Waals surface area contributed by atoms with Gasteiger partial charge in [-0.3, -0.25) is 14.9 Å². The molecule has 0 spiro atoms. The molecule has 0 fully saturated rings. The van der Waals surface area contributed by atoms with Crippen LogP contribution in [0.4, 0.5) is 11.4 Å². The standard InChI is InChI=1S/C14H21N3O4/c1-15-12-7-6-11(10-13(12)17(20)21)14(19)16(2)8-4-3-5-9-18/h6-7,10,15,18H,3-5,8-9H2,1-2H3. The number of nitro benzene ring substituents is 1. The van der Waals surface area contributed by atoms with Gasteiger partial charge in [0.1, 0.15) is 5.69 Å². The van der Waals surface area contributed by atoms with E-state index in [2.05, 4.69) is 5.32 Å². The first-order valence-electron chi connectivity index (χ1n) is 6.83. The Labute approximate surface area is 123 Å². The van der Waals surface area contributed by atoms with Gasteiger partial charge >= 0.3 is 0 Å². The largest absolute Gasteiger partial charge is 0.396 e. The zero-order valence-electron chi connectivity index (χ0n) is 12.3. The Hall–Kier alpha value is -2.15. The van der Waals surface area contributed by atoms with Gasteiger partial charge in [-0.15, -0.1) is 0 Å². The van der Waals surface area contributed by atoms with Crippen molar-refractivity contribution in [3.8, 4) is 0 Å². The van der Waals surface area contributed by atoms with E-state index in [0.29, 0.717) is 24.2 Å². The van der Waals surface area contributed by atoms with E-state index in [0.717, 1.165) is 12.8 Å². The number of hydrogen-bond donors (Lipinski definition) is 2. The Morgan fingerprint density at radius 3 is 2.67 bits per heavy atom. The van der Waals surface area contributed by atoms with Gasteiger partial charge in [-0.2, -0.15) is 0 Å². The predicted molar refractivity (Wildman–Crippen MR) is 80.5 cm³/mol. The number of nitrogens with zero attached hydrogens (tertiary/aromatic N) is 2. The maximum atomic E-state index is 12.2. The van der Waals surface area contributed by atoms with Crippen molar-refractivity contribution in [2.45, 2.75) is 19.3 Å². The molecule has 0 radical (unpaired) electrons. The maximum absolute atomic E-state index is 12.2. The van der Waals surface area contributed by atoms with Gasteiger partial charge in [0.15, 0.2) is 0 Å². The molecule has 7 heteroatoms. The van der Waals surface area contributed by atoms with Crippen LogP contribution in [0.5, 0.6) is 0 Å². The van der Waals surface area contributed by atoms with Crippen molar-refractivity contribution in [1.29, 1.82) is 0 Å². The molecule has 0 saturated carbocycles. The number of rotatable bonds is 8. The number of aliphatic hydroxyl groups excluding tert-OH is 1. The predicted octanol–water partition coefficient (Wildman–Crippen LogP) is 1.87. The van der Waals surface area contributed by atoms with Gasteiger partial charge in [-0.25, -0.2) is 0 Å². The maximum Gasteiger partial charge on any atom is 0.293 e. The van der Waals surface area contributed by atoms with Crippen molar-refractivity contribution < 1.29 is 14.8 Å². The van der Waals surface area contributed by atoms with Crippen molar-refractivity contribution in [3.63, 3.8) is 0 Å².